The standard InChI is InChI=1S/C24H37NO5/c1-16(26)8-13-30-22(2)9-10-24(27)19-14-17-6-7-18(28-4)21(29-5)20(17)23(24,15-22)11-12-25(19)3/h6-7,16,19,26-27H,8-15H2,1-5H3/t16?,19-,22?,23-,24?/m1/s1. The summed E-state index contributed by atoms with van der Waals surface area (Å²) in [6.45, 7) is 5.41. The first kappa shape index (κ1) is 21.9. The lowest BCUT2D eigenvalue weighted by atomic mass is 9.47. The Kier molecular flexibility index (Phi) is 5.59. The summed E-state index contributed by atoms with van der Waals surface area (Å²) >= 11 is 0. The zero-order valence-electron chi connectivity index (χ0n) is 19.0. The second kappa shape index (κ2) is 7.66. The van der Waals surface area contributed by atoms with Crippen molar-refractivity contribution < 1.29 is 24.4 Å². The molecule has 6 heteroatoms. The van der Waals surface area contributed by atoms with Crippen LogP contribution < -0.4 is 9.47 Å². The Balaban J connectivity index is 1.83. The quantitative estimate of drug-likeness (QED) is 0.739. The van der Waals surface area contributed by atoms with Gasteiger partial charge in [0.15, 0.2) is 11.5 Å². The summed E-state index contributed by atoms with van der Waals surface area (Å²) in [4.78, 5) is 2.33. The van der Waals surface area contributed by atoms with E-state index in [2.05, 4.69) is 24.9 Å². The van der Waals surface area contributed by atoms with Crippen LogP contribution in [0.15, 0.2) is 12.1 Å². The molecule has 2 aliphatic carbocycles. The Morgan fingerprint density at radius 2 is 1.97 bits per heavy atom. The van der Waals surface area contributed by atoms with Gasteiger partial charge in [-0.25, -0.2) is 0 Å². The highest BCUT2D eigenvalue weighted by molar-refractivity contribution is 5.59. The predicted octanol–water partition coefficient (Wildman–Crippen LogP) is 2.66. The van der Waals surface area contributed by atoms with E-state index in [4.69, 9.17) is 14.2 Å². The van der Waals surface area contributed by atoms with E-state index in [-0.39, 0.29) is 17.7 Å². The number of hydrogen-bond acceptors (Lipinski definition) is 6. The lowest BCUT2D eigenvalue weighted by Gasteiger charge is -2.65. The van der Waals surface area contributed by atoms with Crippen molar-refractivity contribution in [1.82, 2.24) is 4.90 Å². The number of aliphatic hydroxyl groups excluding tert-OH is 1. The molecule has 30 heavy (non-hydrogen) atoms. The third-order valence-electron chi connectivity index (χ3n) is 8.02. The Labute approximate surface area is 180 Å². The largest absolute Gasteiger partial charge is 0.493 e. The van der Waals surface area contributed by atoms with Crippen molar-refractivity contribution >= 4 is 0 Å². The second-order valence-electron chi connectivity index (χ2n) is 9.90. The summed E-state index contributed by atoms with van der Waals surface area (Å²) in [5, 5.41) is 21.9. The highest BCUT2D eigenvalue weighted by atomic mass is 16.5. The minimum absolute atomic E-state index is 0.0823. The molecule has 1 aromatic rings. The molecule has 3 unspecified atom stereocenters. The van der Waals surface area contributed by atoms with Gasteiger partial charge in [0.1, 0.15) is 0 Å². The van der Waals surface area contributed by atoms with Gasteiger partial charge in [-0.05, 0) is 77.6 Å². The maximum Gasteiger partial charge on any atom is 0.164 e. The van der Waals surface area contributed by atoms with Crippen molar-refractivity contribution in [3.63, 3.8) is 0 Å². The van der Waals surface area contributed by atoms with Crippen LogP contribution in [0.2, 0.25) is 0 Å². The van der Waals surface area contributed by atoms with Gasteiger partial charge >= 0.3 is 0 Å². The van der Waals surface area contributed by atoms with Crippen LogP contribution in [0.25, 0.3) is 0 Å². The summed E-state index contributed by atoms with van der Waals surface area (Å²) in [6.07, 6.45) is 4.12. The van der Waals surface area contributed by atoms with Crippen LogP contribution in [-0.2, 0) is 16.6 Å². The molecule has 2 N–H and O–H groups in total. The van der Waals surface area contributed by atoms with E-state index in [0.29, 0.717) is 25.2 Å². The first-order valence-electron chi connectivity index (χ1n) is 11.2. The van der Waals surface area contributed by atoms with Crippen LogP contribution >= 0.6 is 0 Å². The van der Waals surface area contributed by atoms with Crippen LogP contribution in [0.1, 0.15) is 57.1 Å². The molecule has 1 saturated heterocycles. The van der Waals surface area contributed by atoms with Crippen molar-refractivity contribution in [2.75, 3.05) is 34.4 Å². The number of hydrogen-bond donors (Lipinski definition) is 2. The number of likely N-dealkylation sites (tertiary alicyclic amines) is 1. The van der Waals surface area contributed by atoms with Crippen molar-refractivity contribution in [2.24, 2.45) is 0 Å². The number of benzene rings is 1. The Morgan fingerprint density at radius 3 is 2.63 bits per heavy atom. The molecule has 168 valence electrons. The van der Waals surface area contributed by atoms with Gasteiger partial charge in [0, 0.05) is 23.6 Å². The molecular formula is C24H37NO5. The number of likely N-dealkylation sites (N-methyl/N-ethyl adjacent to an activating group) is 1. The lowest BCUT2D eigenvalue weighted by molar-refractivity contribution is -0.206. The molecule has 1 aliphatic heterocycles. The van der Waals surface area contributed by atoms with Crippen LogP contribution in [0, 0.1) is 0 Å². The van der Waals surface area contributed by atoms with Gasteiger partial charge < -0.3 is 29.3 Å². The average Bonchev–Trinajstić information content (AvgIpc) is 2.70. The first-order chi connectivity index (χ1) is 14.2. The van der Waals surface area contributed by atoms with E-state index in [1.54, 1.807) is 21.1 Å². The fourth-order valence-electron chi connectivity index (χ4n) is 6.48. The summed E-state index contributed by atoms with van der Waals surface area (Å²) in [5.74, 6) is 1.47. The van der Waals surface area contributed by atoms with Gasteiger partial charge in [0.2, 0.25) is 0 Å². The van der Waals surface area contributed by atoms with Crippen molar-refractivity contribution in [3.05, 3.63) is 23.3 Å². The lowest BCUT2D eigenvalue weighted by Crippen LogP contribution is -2.74. The maximum atomic E-state index is 12.3. The fourth-order valence-corrected chi connectivity index (χ4v) is 6.48. The number of nitrogens with zero attached hydrogens (tertiary/aromatic N) is 1. The Morgan fingerprint density at radius 1 is 1.20 bits per heavy atom. The first-order valence-corrected chi connectivity index (χ1v) is 11.2. The van der Waals surface area contributed by atoms with Gasteiger partial charge in [-0.2, -0.15) is 0 Å². The molecule has 2 fully saturated rings. The summed E-state index contributed by atoms with van der Waals surface area (Å²) in [6, 6.07) is 4.21. The highest BCUT2D eigenvalue weighted by Gasteiger charge is 2.67. The van der Waals surface area contributed by atoms with Crippen molar-refractivity contribution in [3.8, 4) is 11.5 Å². The van der Waals surface area contributed by atoms with Crippen LogP contribution in [0.4, 0.5) is 0 Å². The van der Waals surface area contributed by atoms with Gasteiger partial charge in [-0.3, -0.25) is 0 Å². The Bertz CT molecular complexity index is 798. The zero-order valence-corrected chi connectivity index (χ0v) is 19.0. The molecule has 0 radical (unpaired) electrons. The number of methoxy groups -OCH3 is 2. The number of rotatable bonds is 6. The molecule has 2 bridgehead atoms. The van der Waals surface area contributed by atoms with E-state index in [0.717, 1.165) is 43.5 Å². The van der Waals surface area contributed by atoms with E-state index in [9.17, 15) is 10.2 Å². The summed E-state index contributed by atoms with van der Waals surface area (Å²) in [7, 11) is 5.49. The van der Waals surface area contributed by atoms with Crippen molar-refractivity contribution in [2.45, 2.75) is 81.1 Å². The third kappa shape index (κ3) is 3.15. The molecule has 1 saturated carbocycles. The molecule has 5 atom stereocenters. The summed E-state index contributed by atoms with van der Waals surface area (Å²) < 4.78 is 17.9. The van der Waals surface area contributed by atoms with Crippen molar-refractivity contribution in [1.29, 1.82) is 0 Å². The number of piperidine rings is 1. The van der Waals surface area contributed by atoms with Crippen LogP contribution in [0.3, 0.4) is 0 Å². The van der Waals surface area contributed by atoms with E-state index < -0.39 is 11.0 Å². The maximum absolute atomic E-state index is 12.3. The summed E-state index contributed by atoms with van der Waals surface area (Å²) in [5.41, 5.74) is 0.711. The molecule has 6 nitrogen and oxygen atoms in total. The third-order valence-corrected chi connectivity index (χ3v) is 8.02. The average molecular weight is 420 g/mol. The minimum atomic E-state index is -0.834. The molecule has 0 aromatic heterocycles. The molecule has 0 spiro atoms. The van der Waals surface area contributed by atoms with Gasteiger partial charge in [0.25, 0.3) is 0 Å². The topological polar surface area (TPSA) is 71.4 Å². The minimum Gasteiger partial charge on any atom is -0.493 e. The molecule has 1 aromatic carbocycles. The molecular weight excluding hydrogens is 382 g/mol. The SMILES string of the molecule is COc1ccc2c(c1OC)[C@]13CCN(C)[C@H](C2)C1(O)CCC(C)(OCCC(C)O)C3. The fraction of sp³-hybridized carbons (Fsp3) is 0.750. The Hall–Kier alpha value is -1.34. The molecule has 0 amide bonds. The van der Waals surface area contributed by atoms with Gasteiger partial charge in [0.05, 0.1) is 31.5 Å². The normalized spacial score (nSPS) is 36.6. The molecule has 1 heterocycles. The highest BCUT2D eigenvalue weighted by Crippen LogP contribution is 2.63. The van der Waals surface area contributed by atoms with Crippen LogP contribution in [0.5, 0.6) is 11.5 Å². The van der Waals surface area contributed by atoms with Gasteiger partial charge in [-0.15, -0.1) is 0 Å². The number of fused-ring (bicyclic) bond motifs is 1. The number of ether oxygens (including phenoxy) is 3. The van der Waals surface area contributed by atoms with E-state index in [1.165, 1.54) is 5.56 Å². The van der Waals surface area contributed by atoms with Crippen LogP contribution in [-0.4, -0.2) is 72.9 Å². The van der Waals surface area contributed by atoms with Gasteiger partial charge in [-0.1, -0.05) is 6.07 Å². The monoisotopic (exact) mass is 419 g/mol. The molecule has 3 aliphatic rings. The molecule has 4 rings (SSSR count). The van der Waals surface area contributed by atoms with E-state index >= 15 is 0 Å². The second-order valence-corrected chi connectivity index (χ2v) is 9.90. The zero-order chi connectivity index (χ0) is 21.7. The predicted molar refractivity (Wildman–Crippen MR) is 115 cm³/mol. The smallest absolute Gasteiger partial charge is 0.164 e. The number of aliphatic hydroxyl groups is 2. The van der Waals surface area contributed by atoms with E-state index in [1.807, 2.05) is 6.07 Å².